The van der Waals surface area contributed by atoms with Crippen LogP contribution in [-0.4, -0.2) is 32.7 Å². The first-order valence-electron chi connectivity index (χ1n) is 7.13. The van der Waals surface area contributed by atoms with E-state index in [1.165, 1.54) is 0 Å². The van der Waals surface area contributed by atoms with Crippen LogP contribution >= 0.6 is 0 Å². The zero-order chi connectivity index (χ0) is 14.6. The van der Waals surface area contributed by atoms with Gasteiger partial charge in [-0.3, -0.25) is 4.79 Å². The molecule has 1 aliphatic heterocycles. The molecule has 1 amide bonds. The molecule has 0 radical (unpaired) electrons. The SMILES string of the molecule is COCCC(C)(C)CNC(=O)C1CNc2ccccc21. The van der Waals surface area contributed by atoms with Crippen LogP contribution in [0.15, 0.2) is 24.3 Å². The lowest BCUT2D eigenvalue weighted by Crippen LogP contribution is -2.37. The van der Waals surface area contributed by atoms with Crippen molar-refractivity contribution in [2.24, 2.45) is 5.41 Å². The molecule has 0 fully saturated rings. The Morgan fingerprint density at radius 1 is 1.45 bits per heavy atom. The Labute approximate surface area is 120 Å². The number of anilines is 1. The van der Waals surface area contributed by atoms with E-state index in [9.17, 15) is 4.79 Å². The van der Waals surface area contributed by atoms with Gasteiger partial charge in [-0.25, -0.2) is 0 Å². The molecule has 1 aromatic rings. The quantitative estimate of drug-likeness (QED) is 0.838. The van der Waals surface area contributed by atoms with Crippen LogP contribution in [0.25, 0.3) is 0 Å². The van der Waals surface area contributed by atoms with Crippen LogP contribution in [0.2, 0.25) is 0 Å². The Balaban J connectivity index is 1.90. The smallest absolute Gasteiger partial charge is 0.229 e. The fourth-order valence-corrected chi connectivity index (χ4v) is 2.43. The first-order valence-corrected chi connectivity index (χ1v) is 7.13. The molecule has 0 saturated carbocycles. The van der Waals surface area contributed by atoms with Gasteiger partial charge in [-0.05, 0) is 23.5 Å². The van der Waals surface area contributed by atoms with E-state index in [1.807, 2.05) is 24.3 Å². The second kappa shape index (κ2) is 6.27. The number of rotatable bonds is 6. The standard InChI is InChI=1S/C16H24N2O2/c1-16(2,8-9-20-3)11-18-15(19)13-10-17-14-7-5-4-6-12(13)14/h4-7,13,17H,8-11H2,1-3H3,(H,18,19). The average Bonchev–Trinajstić information content (AvgIpc) is 2.87. The van der Waals surface area contributed by atoms with Crippen molar-refractivity contribution in [1.82, 2.24) is 5.32 Å². The van der Waals surface area contributed by atoms with Crippen LogP contribution in [-0.2, 0) is 9.53 Å². The van der Waals surface area contributed by atoms with E-state index in [-0.39, 0.29) is 17.2 Å². The van der Waals surface area contributed by atoms with Gasteiger partial charge in [-0.2, -0.15) is 0 Å². The molecule has 0 aromatic heterocycles. The number of ether oxygens (including phenoxy) is 1. The van der Waals surface area contributed by atoms with Gasteiger partial charge in [0.15, 0.2) is 0 Å². The van der Waals surface area contributed by atoms with E-state index in [0.29, 0.717) is 13.1 Å². The van der Waals surface area contributed by atoms with Gasteiger partial charge < -0.3 is 15.4 Å². The number of amides is 1. The maximum Gasteiger partial charge on any atom is 0.229 e. The predicted molar refractivity (Wildman–Crippen MR) is 81.0 cm³/mol. The number of hydrogen-bond donors (Lipinski definition) is 2. The Morgan fingerprint density at radius 2 is 2.20 bits per heavy atom. The van der Waals surface area contributed by atoms with Crippen molar-refractivity contribution >= 4 is 11.6 Å². The molecular weight excluding hydrogens is 252 g/mol. The fraction of sp³-hybridized carbons (Fsp3) is 0.562. The molecule has 0 aliphatic carbocycles. The van der Waals surface area contributed by atoms with Gasteiger partial charge in [-0.1, -0.05) is 32.0 Å². The molecule has 1 atom stereocenters. The Bertz CT molecular complexity index is 471. The number of methoxy groups -OCH3 is 1. The minimum atomic E-state index is -0.0792. The monoisotopic (exact) mass is 276 g/mol. The topological polar surface area (TPSA) is 50.4 Å². The van der Waals surface area contributed by atoms with Crippen LogP contribution in [0.5, 0.6) is 0 Å². The van der Waals surface area contributed by atoms with Crippen LogP contribution in [0.1, 0.15) is 31.7 Å². The van der Waals surface area contributed by atoms with Gasteiger partial charge in [0.1, 0.15) is 0 Å². The fourth-order valence-electron chi connectivity index (χ4n) is 2.43. The highest BCUT2D eigenvalue weighted by molar-refractivity contribution is 5.88. The molecule has 0 bridgehead atoms. The van der Waals surface area contributed by atoms with Crippen molar-refractivity contribution in [3.8, 4) is 0 Å². The van der Waals surface area contributed by atoms with Crippen molar-refractivity contribution < 1.29 is 9.53 Å². The van der Waals surface area contributed by atoms with Gasteiger partial charge >= 0.3 is 0 Å². The number of hydrogen-bond acceptors (Lipinski definition) is 3. The van der Waals surface area contributed by atoms with E-state index in [2.05, 4.69) is 24.5 Å². The summed E-state index contributed by atoms with van der Waals surface area (Å²) < 4.78 is 5.11. The predicted octanol–water partition coefficient (Wildman–Crippen LogP) is 2.37. The number of fused-ring (bicyclic) bond motifs is 1. The zero-order valence-corrected chi connectivity index (χ0v) is 12.5. The number of benzene rings is 1. The Kier molecular flexibility index (Phi) is 4.65. The largest absolute Gasteiger partial charge is 0.385 e. The first-order chi connectivity index (χ1) is 9.53. The van der Waals surface area contributed by atoms with Crippen LogP contribution < -0.4 is 10.6 Å². The maximum atomic E-state index is 12.3. The molecule has 110 valence electrons. The Hall–Kier alpha value is -1.55. The van der Waals surface area contributed by atoms with Gasteiger partial charge in [0.05, 0.1) is 5.92 Å². The number of carbonyl (C=O) groups is 1. The maximum absolute atomic E-state index is 12.3. The third kappa shape index (κ3) is 3.51. The van der Waals surface area contributed by atoms with E-state index in [0.717, 1.165) is 24.3 Å². The summed E-state index contributed by atoms with van der Waals surface area (Å²) in [7, 11) is 1.70. The summed E-state index contributed by atoms with van der Waals surface area (Å²) >= 11 is 0. The molecule has 1 unspecified atom stereocenters. The molecule has 1 heterocycles. The zero-order valence-electron chi connectivity index (χ0n) is 12.5. The summed E-state index contributed by atoms with van der Waals surface area (Å²) in [6.45, 7) is 6.37. The lowest BCUT2D eigenvalue weighted by atomic mass is 9.89. The molecule has 20 heavy (non-hydrogen) atoms. The molecule has 1 aliphatic rings. The number of para-hydroxylation sites is 1. The summed E-state index contributed by atoms with van der Waals surface area (Å²) in [5.41, 5.74) is 2.23. The molecule has 2 N–H and O–H groups in total. The van der Waals surface area contributed by atoms with Crippen LogP contribution in [0.3, 0.4) is 0 Å². The summed E-state index contributed by atoms with van der Waals surface area (Å²) in [5, 5.41) is 6.36. The third-order valence-electron chi connectivity index (χ3n) is 3.87. The lowest BCUT2D eigenvalue weighted by Gasteiger charge is -2.25. The summed E-state index contributed by atoms with van der Waals surface area (Å²) in [6.07, 6.45) is 0.934. The molecule has 4 nitrogen and oxygen atoms in total. The Morgan fingerprint density at radius 3 is 2.95 bits per heavy atom. The van der Waals surface area contributed by atoms with Crippen molar-refractivity contribution in [1.29, 1.82) is 0 Å². The van der Waals surface area contributed by atoms with E-state index >= 15 is 0 Å². The van der Waals surface area contributed by atoms with E-state index in [1.54, 1.807) is 7.11 Å². The highest BCUT2D eigenvalue weighted by atomic mass is 16.5. The second-order valence-electron chi connectivity index (χ2n) is 6.15. The molecule has 4 heteroatoms. The van der Waals surface area contributed by atoms with E-state index < -0.39 is 0 Å². The van der Waals surface area contributed by atoms with Crippen LogP contribution in [0, 0.1) is 5.41 Å². The number of carbonyl (C=O) groups excluding carboxylic acids is 1. The summed E-state index contributed by atoms with van der Waals surface area (Å²) in [6, 6.07) is 8.01. The molecule has 0 spiro atoms. The minimum absolute atomic E-state index is 0.0528. The normalized spacial score (nSPS) is 17.4. The molecule has 0 saturated heterocycles. The average molecular weight is 276 g/mol. The second-order valence-corrected chi connectivity index (χ2v) is 6.15. The van der Waals surface area contributed by atoms with Crippen molar-refractivity contribution in [3.63, 3.8) is 0 Å². The molecule has 2 rings (SSSR count). The van der Waals surface area contributed by atoms with Gasteiger partial charge in [0.25, 0.3) is 0 Å². The third-order valence-corrected chi connectivity index (χ3v) is 3.87. The molecule has 1 aromatic carbocycles. The first kappa shape index (κ1) is 14.9. The highest BCUT2D eigenvalue weighted by Gasteiger charge is 2.29. The van der Waals surface area contributed by atoms with Crippen LogP contribution in [0.4, 0.5) is 5.69 Å². The minimum Gasteiger partial charge on any atom is -0.385 e. The lowest BCUT2D eigenvalue weighted by molar-refractivity contribution is -0.122. The number of nitrogens with one attached hydrogen (secondary N) is 2. The molecular formula is C16H24N2O2. The van der Waals surface area contributed by atoms with Crippen molar-refractivity contribution in [2.45, 2.75) is 26.2 Å². The summed E-state index contributed by atoms with van der Waals surface area (Å²) in [5.74, 6) is 0.0253. The van der Waals surface area contributed by atoms with Gasteiger partial charge in [0.2, 0.25) is 5.91 Å². The van der Waals surface area contributed by atoms with Gasteiger partial charge in [0, 0.05) is 32.5 Å². The van der Waals surface area contributed by atoms with Crippen molar-refractivity contribution in [2.75, 3.05) is 32.1 Å². The van der Waals surface area contributed by atoms with Gasteiger partial charge in [-0.15, -0.1) is 0 Å². The summed E-state index contributed by atoms with van der Waals surface area (Å²) in [4.78, 5) is 12.3. The highest BCUT2D eigenvalue weighted by Crippen LogP contribution is 2.31. The van der Waals surface area contributed by atoms with Crippen molar-refractivity contribution in [3.05, 3.63) is 29.8 Å². The van der Waals surface area contributed by atoms with E-state index in [4.69, 9.17) is 4.74 Å².